The maximum Gasteiger partial charge on any atom is 0.352 e. The van der Waals surface area contributed by atoms with Crippen LogP contribution in [0.25, 0.3) is 0 Å². The highest BCUT2D eigenvalue weighted by molar-refractivity contribution is 6.35. The number of carbonyl (C=O) groups excluding carboxylic acids is 2. The summed E-state index contributed by atoms with van der Waals surface area (Å²) in [5.74, 6) is -0.425. The molecule has 0 atom stereocenters. The van der Waals surface area contributed by atoms with Gasteiger partial charge < -0.3 is 0 Å². The van der Waals surface area contributed by atoms with Gasteiger partial charge in [0.2, 0.25) is 0 Å². The van der Waals surface area contributed by atoms with Crippen molar-refractivity contribution in [2.24, 2.45) is 0 Å². The predicted molar refractivity (Wildman–Crippen MR) is 83.2 cm³/mol. The molecule has 0 spiro atoms. The molecular formula is C17H15ClO4. The number of hydrogen-bond donors (Lipinski definition) is 0. The lowest BCUT2D eigenvalue weighted by Gasteiger charge is -2.13. The number of ketones is 1. The van der Waals surface area contributed by atoms with Crippen molar-refractivity contribution >= 4 is 23.4 Å². The van der Waals surface area contributed by atoms with Crippen molar-refractivity contribution in [3.05, 3.63) is 63.7 Å². The second-order valence-corrected chi connectivity index (χ2v) is 5.26. The average Bonchev–Trinajstić information content (AvgIpc) is 2.46. The van der Waals surface area contributed by atoms with E-state index < -0.39 is 5.97 Å². The molecule has 0 aliphatic heterocycles. The summed E-state index contributed by atoms with van der Waals surface area (Å²) in [7, 11) is 0. The zero-order chi connectivity index (χ0) is 16.3. The number of rotatable bonds is 4. The molecule has 0 aliphatic rings. The van der Waals surface area contributed by atoms with E-state index in [9.17, 15) is 9.59 Å². The predicted octanol–water partition coefficient (Wildman–Crippen LogP) is 4.04. The van der Waals surface area contributed by atoms with Crippen LogP contribution in [-0.2, 0) is 9.68 Å². The molecule has 0 unspecified atom stereocenters. The molecule has 0 heterocycles. The highest BCUT2D eigenvalue weighted by atomic mass is 35.5. The molecule has 2 aromatic rings. The van der Waals surface area contributed by atoms with E-state index in [2.05, 4.69) is 4.89 Å². The van der Waals surface area contributed by atoms with E-state index >= 15 is 0 Å². The van der Waals surface area contributed by atoms with Crippen LogP contribution in [0.15, 0.2) is 36.4 Å². The third kappa shape index (κ3) is 3.28. The standard InChI is InChI=1S/C17H15ClO4/c1-10-8-9-13(11(2)17(10)22-21-12(3)19)16(20)14-6-4-5-7-15(14)18/h4-9H,1-3H3. The monoisotopic (exact) mass is 318 g/mol. The molecule has 0 N–H and O–H groups in total. The first-order chi connectivity index (χ1) is 10.4. The fourth-order valence-electron chi connectivity index (χ4n) is 2.09. The second kappa shape index (κ2) is 6.62. The summed E-state index contributed by atoms with van der Waals surface area (Å²) in [6, 6.07) is 10.3. The second-order valence-electron chi connectivity index (χ2n) is 4.85. The Morgan fingerprint density at radius 1 is 1.00 bits per heavy atom. The van der Waals surface area contributed by atoms with Crippen LogP contribution in [-0.4, -0.2) is 11.8 Å². The number of halogens is 1. The highest BCUT2D eigenvalue weighted by Crippen LogP contribution is 2.29. The lowest BCUT2D eigenvalue weighted by atomic mass is 9.96. The normalized spacial score (nSPS) is 10.2. The summed E-state index contributed by atoms with van der Waals surface area (Å²) in [4.78, 5) is 33.2. The molecule has 0 aromatic heterocycles. The van der Waals surface area contributed by atoms with Gasteiger partial charge in [0, 0.05) is 23.6 Å². The van der Waals surface area contributed by atoms with Crippen molar-refractivity contribution in [3.63, 3.8) is 0 Å². The molecule has 0 aliphatic carbocycles. The van der Waals surface area contributed by atoms with Gasteiger partial charge in [-0.15, -0.1) is 0 Å². The maximum atomic E-state index is 12.6. The van der Waals surface area contributed by atoms with Gasteiger partial charge >= 0.3 is 5.97 Å². The quantitative estimate of drug-likeness (QED) is 0.485. The minimum absolute atomic E-state index is 0.212. The number of benzene rings is 2. The third-order valence-electron chi connectivity index (χ3n) is 3.21. The summed E-state index contributed by atoms with van der Waals surface area (Å²) in [5.41, 5.74) is 2.20. The fraction of sp³-hybridized carbons (Fsp3) is 0.176. The first-order valence-corrected chi connectivity index (χ1v) is 7.04. The van der Waals surface area contributed by atoms with Gasteiger partial charge in [-0.05, 0) is 31.5 Å². The number of hydrogen-bond acceptors (Lipinski definition) is 4. The molecule has 4 nitrogen and oxygen atoms in total. The molecule has 0 amide bonds. The van der Waals surface area contributed by atoms with Crippen LogP contribution in [0.4, 0.5) is 0 Å². The summed E-state index contributed by atoms with van der Waals surface area (Å²) < 4.78 is 0. The fourth-order valence-corrected chi connectivity index (χ4v) is 2.31. The van der Waals surface area contributed by atoms with Crippen LogP contribution >= 0.6 is 11.6 Å². The van der Waals surface area contributed by atoms with Gasteiger partial charge in [-0.25, -0.2) is 4.79 Å². The van der Waals surface area contributed by atoms with Gasteiger partial charge in [0.05, 0.1) is 5.02 Å². The molecule has 0 radical (unpaired) electrons. The van der Waals surface area contributed by atoms with Crippen LogP contribution in [0, 0.1) is 13.8 Å². The largest absolute Gasteiger partial charge is 0.352 e. The van der Waals surface area contributed by atoms with Crippen molar-refractivity contribution in [2.45, 2.75) is 20.8 Å². The van der Waals surface area contributed by atoms with Crippen LogP contribution in [0.5, 0.6) is 5.75 Å². The Balaban J connectivity index is 2.44. The molecule has 0 saturated carbocycles. The number of aryl methyl sites for hydroxylation is 1. The molecule has 0 saturated heterocycles. The summed E-state index contributed by atoms with van der Waals surface area (Å²) in [6.45, 7) is 4.77. The van der Waals surface area contributed by atoms with Crippen molar-refractivity contribution < 1.29 is 19.4 Å². The molecule has 2 aromatic carbocycles. The smallest absolute Gasteiger partial charge is 0.289 e. The zero-order valence-electron chi connectivity index (χ0n) is 12.5. The lowest BCUT2D eigenvalue weighted by Crippen LogP contribution is -2.09. The lowest BCUT2D eigenvalue weighted by molar-refractivity contribution is -0.211. The van der Waals surface area contributed by atoms with Gasteiger partial charge in [0.15, 0.2) is 11.5 Å². The maximum absolute atomic E-state index is 12.6. The topological polar surface area (TPSA) is 52.6 Å². The van der Waals surface area contributed by atoms with Crippen LogP contribution < -0.4 is 4.89 Å². The molecule has 22 heavy (non-hydrogen) atoms. The van der Waals surface area contributed by atoms with Gasteiger partial charge in [-0.3, -0.25) is 14.6 Å². The Labute approximate surface area is 133 Å². The Bertz CT molecular complexity index is 737. The third-order valence-corrected chi connectivity index (χ3v) is 3.54. The van der Waals surface area contributed by atoms with Crippen LogP contribution in [0.1, 0.15) is 34.0 Å². The van der Waals surface area contributed by atoms with Crippen LogP contribution in [0.3, 0.4) is 0 Å². The first kappa shape index (κ1) is 16.0. The van der Waals surface area contributed by atoms with Gasteiger partial charge in [0.1, 0.15) is 0 Å². The van der Waals surface area contributed by atoms with Crippen molar-refractivity contribution in [3.8, 4) is 5.75 Å². The van der Waals surface area contributed by atoms with E-state index in [1.54, 1.807) is 50.2 Å². The minimum atomic E-state index is -0.568. The van der Waals surface area contributed by atoms with E-state index in [1.807, 2.05) is 0 Å². The first-order valence-electron chi connectivity index (χ1n) is 6.66. The van der Waals surface area contributed by atoms with E-state index in [4.69, 9.17) is 16.5 Å². The Morgan fingerprint density at radius 2 is 1.68 bits per heavy atom. The summed E-state index contributed by atoms with van der Waals surface area (Å²) in [5, 5.41) is 0.384. The van der Waals surface area contributed by atoms with Gasteiger partial charge in [0.25, 0.3) is 0 Å². The molecule has 0 bridgehead atoms. The SMILES string of the molecule is CC(=O)OOc1c(C)ccc(C(=O)c2ccccc2Cl)c1C. The van der Waals surface area contributed by atoms with Crippen molar-refractivity contribution in [1.82, 2.24) is 0 Å². The number of carbonyl (C=O) groups is 2. The Morgan fingerprint density at radius 3 is 2.32 bits per heavy atom. The molecule has 114 valence electrons. The van der Waals surface area contributed by atoms with Gasteiger partial charge in [-0.2, -0.15) is 0 Å². The molecule has 2 rings (SSSR count). The Hall–Kier alpha value is -2.33. The highest BCUT2D eigenvalue weighted by Gasteiger charge is 2.19. The van der Waals surface area contributed by atoms with E-state index in [0.29, 0.717) is 27.5 Å². The van der Waals surface area contributed by atoms with E-state index in [-0.39, 0.29) is 5.78 Å². The molecule has 0 fully saturated rings. The molecule has 5 heteroatoms. The summed E-state index contributed by atoms with van der Waals surface area (Å²) >= 11 is 6.07. The summed E-state index contributed by atoms with van der Waals surface area (Å²) in [6.07, 6.45) is 0. The van der Waals surface area contributed by atoms with Crippen molar-refractivity contribution in [1.29, 1.82) is 0 Å². The van der Waals surface area contributed by atoms with E-state index in [1.165, 1.54) is 6.92 Å². The molecular weight excluding hydrogens is 304 g/mol. The average molecular weight is 319 g/mol. The van der Waals surface area contributed by atoms with Crippen LogP contribution in [0.2, 0.25) is 5.02 Å². The zero-order valence-corrected chi connectivity index (χ0v) is 13.2. The van der Waals surface area contributed by atoms with Gasteiger partial charge in [-0.1, -0.05) is 35.9 Å². The van der Waals surface area contributed by atoms with Crippen molar-refractivity contribution in [2.75, 3.05) is 0 Å². The minimum Gasteiger partial charge on any atom is -0.289 e. The Kier molecular flexibility index (Phi) is 4.83. The van der Waals surface area contributed by atoms with E-state index in [0.717, 1.165) is 5.56 Å².